The maximum Gasteiger partial charge on any atom is 0.270 e. The first-order chi connectivity index (χ1) is 12.2. The fraction of sp³-hybridized carbons (Fsp3) is 0.389. The smallest absolute Gasteiger partial charge is 0.270 e. The molecule has 1 atom stereocenters. The fourth-order valence-corrected chi connectivity index (χ4v) is 2.90. The van der Waals surface area contributed by atoms with E-state index in [1.165, 1.54) is 0 Å². The van der Waals surface area contributed by atoms with E-state index in [9.17, 15) is 4.79 Å². The third kappa shape index (κ3) is 5.41. The molecule has 25 heavy (non-hydrogen) atoms. The first kappa shape index (κ1) is 17.6. The summed E-state index contributed by atoms with van der Waals surface area (Å²) in [5.74, 6) is 0.225. The Morgan fingerprint density at radius 2 is 2.28 bits per heavy atom. The van der Waals surface area contributed by atoms with Gasteiger partial charge >= 0.3 is 0 Å². The van der Waals surface area contributed by atoms with Crippen LogP contribution in [0.5, 0.6) is 0 Å². The van der Waals surface area contributed by atoms with Gasteiger partial charge in [-0.1, -0.05) is 23.7 Å². The number of amides is 1. The normalized spacial score (nSPS) is 16.6. The quantitative estimate of drug-likeness (QED) is 0.794. The molecule has 3 rings (SSSR count). The third-order valence-electron chi connectivity index (χ3n) is 3.99. The lowest BCUT2D eigenvalue weighted by Crippen LogP contribution is -2.32. The van der Waals surface area contributed by atoms with Crippen LogP contribution in [-0.4, -0.2) is 41.7 Å². The molecule has 1 saturated heterocycles. The van der Waals surface area contributed by atoms with Crippen LogP contribution >= 0.6 is 11.6 Å². The van der Waals surface area contributed by atoms with E-state index in [0.29, 0.717) is 24.7 Å². The van der Waals surface area contributed by atoms with Gasteiger partial charge in [0.1, 0.15) is 5.69 Å². The Morgan fingerprint density at radius 1 is 1.36 bits per heavy atom. The lowest BCUT2D eigenvalue weighted by molar-refractivity contribution is 0.0853. The molecule has 2 N–H and O–H groups in total. The van der Waals surface area contributed by atoms with Gasteiger partial charge in [-0.25, -0.2) is 9.97 Å². The van der Waals surface area contributed by atoms with Gasteiger partial charge in [0.2, 0.25) is 5.95 Å². The van der Waals surface area contributed by atoms with Gasteiger partial charge in [0.05, 0.1) is 6.10 Å². The molecule has 2 aromatic rings. The number of anilines is 1. The van der Waals surface area contributed by atoms with Crippen LogP contribution in [0.2, 0.25) is 5.02 Å². The molecule has 0 aliphatic carbocycles. The Hall–Kier alpha value is -2.18. The zero-order valence-corrected chi connectivity index (χ0v) is 14.6. The van der Waals surface area contributed by atoms with Gasteiger partial charge in [-0.3, -0.25) is 4.79 Å². The van der Waals surface area contributed by atoms with Gasteiger partial charge in [-0.2, -0.15) is 0 Å². The molecule has 0 radical (unpaired) electrons. The van der Waals surface area contributed by atoms with Crippen molar-refractivity contribution >= 4 is 23.5 Å². The highest BCUT2D eigenvalue weighted by Crippen LogP contribution is 2.12. The maximum absolute atomic E-state index is 12.2. The van der Waals surface area contributed by atoms with Gasteiger partial charge in [0.25, 0.3) is 5.91 Å². The average Bonchev–Trinajstić information content (AvgIpc) is 3.14. The fourth-order valence-electron chi connectivity index (χ4n) is 2.68. The van der Waals surface area contributed by atoms with Crippen LogP contribution in [0.15, 0.2) is 36.5 Å². The Kier molecular flexibility index (Phi) is 6.19. The summed E-state index contributed by atoms with van der Waals surface area (Å²) in [6, 6.07) is 9.32. The van der Waals surface area contributed by atoms with Crippen LogP contribution in [0.1, 0.15) is 28.9 Å². The number of ether oxygens (including phenoxy) is 1. The molecular formula is C18H21ClN4O2. The summed E-state index contributed by atoms with van der Waals surface area (Å²) in [7, 11) is 0. The molecule has 1 amide bonds. The minimum Gasteiger partial charge on any atom is -0.376 e. The molecule has 0 bridgehead atoms. The number of nitrogens with one attached hydrogen (secondary N) is 2. The van der Waals surface area contributed by atoms with Crippen molar-refractivity contribution in [3.8, 4) is 0 Å². The van der Waals surface area contributed by atoms with Crippen LogP contribution < -0.4 is 10.6 Å². The standard InChI is InChI=1S/C18H21ClN4O2/c19-14-4-1-3-13(11-14)6-8-20-18-21-9-7-16(23-18)17(24)22-12-15-5-2-10-25-15/h1,3-4,7,9,11,15H,2,5-6,8,10,12H2,(H,22,24)(H,20,21,23). The van der Waals surface area contributed by atoms with E-state index in [1.54, 1.807) is 12.3 Å². The van der Waals surface area contributed by atoms with Crippen molar-refractivity contribution in [2.75, 3.05) is 25.0 Å². The van der Waals surface area contributed by atoms with Gasteiger partial charge in [-0.05, 0) is 43.0 Å². The highest BCUT2D eigenvalue weighted by molar-refractivity contribution is 6.30. The highest BCUT2D eigenvalue weighted by Gasteiger charge is 2.17. The zero-order valence-electron chi connectivity index (χ0n) is 13.9. The summed E-state index contributed by atoms with van der Waals surface area (Å²) in [6.07, 6.45) is 4.52. The van der Waals surface area contributed by atoms with Crippen LogP contribution in [0.25, 0.3) is 0 Å². The first-order valence-corrected chi connectivity index (χ1v) is 8.79. The number of aromatic nitrogens is 2. The topological polar surface area (TPSA) is 76.1 Å². The Bertz CT molecular complexity index is 720. The van der Waals surface area contributed by atoms with Gasteiger partial charge < -0.3 is 15.4 Å². The average molecular weight is 361 g/mol. The van der Waals surface area contributed by atoms with Crippen LogP contribution in [0, 0.1) is 0 Å². The van der Waals surface area contributed by atoms with E-state index in [1.807, 2.05) is 24.3 Å². The predicted molar refractivity (Wildman–Crippen MR) is 97.0 cm³/mol. The Labute approximate surface area is 152 Å². The SMILES string of the molecule is O=C(NCC1CCCO1)c1ccnc(NCCc2cccc(Cl)c2)n1. The molecule has 0 saturated carbocycles. The number of carbonyl (C=O) groups is 1. The summed E-state index contributed by atoms with van der Waals surface area (Å²) < 4.78 is 5.50. The summed E-state index contributed by atoms with van der Waals surface area (Å²) in [4.78, 5) is 20.6. The molecule has 0 spiro atoms. The zero-order chi connectivity index (χ0) is 17.5. The van der Waals surface area contributed by atoms with E-state index >= 15 is 0 Å². The second-order valence-electron chi connectivity index (χ2n) is 5.92. The van der Waals surface area contributed by atoms with Gasteiger partial charge in [0.15, 0.2) is 0 Å². The van der Waals surface area contributed by atoms with Crippen molar-refractivity contribution in [1.29, 1.82) is 0 Å². The maximum atomic E-state index is 12.2. The van der Waals surface area contributed by atoms with Crippen molar-refractivity contribution < 1.29 is 9.53 Å². The van der Waals surface area contributed by atoms with Crippen molar-refractivity contribution in [3.63, 3.8) is 0 Å². The highest BCUT2D eigenvalue weighted by atomic mass is 35.5. The Morgan fingerprint density at radius 3 is 3.08 bits per heavy atom. The minimum atomic E-state index is -0.212. The first-order valence-electron chi connectivity index (χ1n) is 8.42. The van der Waals surface area contributed by atoms with Crippen molar-refractivity contribution in [3.05, 3.63) is 52.8 Å². The summed E-state index contributed by atoms with van der Waals surface area (Å²) in [5, 5.41) is 6.72. The molecule has 2 heterocycles. The molecule has 1 aliphatic rings. The van der Waals surface area contributed by atoms with Crippen molar-refractivity contribution in [2.45, 2.75) is 25.4 Å². The van der Waals surface area contributed by atoms with E-state index in [2.05, 4.69) is 20.6 Å². The van der Waals surface area contributed by atoms with E-state index in [-0.39, 0.29) is 12.0 Å². The molecule has 1 aromatic heterocycles. The number of nitrogens with zero attached hydrogens (tertiary/aromatic N) is 2. The van der Waals surface area contributed by atoms with Gasteiger partial charge in [-0.15, -0.1) is 0 Å². The minimum absolute atomic E-state index is 0.112. The summed E-state index contributed by atoms with van der Waals surface area (Å²) >= 11 is 5.97. The number of hydrogen-bond donors (Lipinski definition) is 2. The third-order valence-corrected chi connectivity index (χ3v) is 4.22. The van der Waals surface area contributed by atoms with Crippen molar-refractivity contribution in [2.24, 2.45) is 0 Å². The molecule has 1 fully saturated rings. The predicted octanol–water partition coefficient (Wildman–Crippen LogP) is 2.69. The van der Waals surface area contributed by atoms with E-state index in [4.69, 9.17) is 16.3 Å². The second kappa shape index (κ2) is 8.78. The van der Waals surface area contributed by atoms with E-state index in [0.717, 1.165) is 36.5 Å². The second-order valence-corrected chi connectivity index (χ2v) is 6.35. The van der Waals surface area contributed by atoms with Crippen molar-refractivity contribution in [1.82, 2.24) is 15.3 Å². The summed E-state index contributed by atoms with van der Waals surface area (Å²) in [5.41, 5.74) is 1.48. The number of halogens is 1. The number of benzene rings is 1. The lowest BCUT2D eigenvalue weighted by atomic mass is 10.1. The van der Waals surface area contributed by atoms with Crippen LogP contribution in [0.4, 0.5) is 5.95 Å². The molecular weight excluding hydrogens is 340 g/mol. The molecule has 6 nitrogen and oxygen atoms in total. The molecule has 132 valence electrons. The molecule has 1 aromatic carbocycles. The lowest BCUT2D eigenvalue weighted by Gasteiger charge is -2.11. The van der Waals surface area contributed by atoms with Gasteiger partial charge in [0, 0.05) is 30.9 Å². The van der Waals surface area contributed by atoms with E-state index < -0.39 is 0 Å². The largest absolute Gasteiger partial charge is 0.376 e. The Balaban J connectivity index is 1.49. The molecule has 7 heteroatoms. The summed E-state index contributed by atoms with van der Waals surface area (Å²) in [6.45, 7) is 1.94. The van der Waals surface area contributed by atoms with Crippen LogP contribution in [0.3, 0.4) is 0 Å². The monoisotopic (exact) mass is 360 g/mol. The molecule has 1 unspecified atom stereocenters. The number of rotatable bonds is 7. The van der Waals surface area contributed by atoms with Crippen LogP contribution in [-0.2, 0) is 11.2 Å². The molecule has 1 aliphatic heterocycles. The number of hydrogen-bond acceptors (Lipinski definition) is 5. The number of carbonyl (C=O) groups excluding carboxylic acids is 1.